The Hall–Kier alpha value is -2.95. The third-order valence-corrected chi connectivity index (χ3v) is 5.85. The van der Waals surface area contributed by atoms with Crippen molar-refractivity contribution in [2.24, 2.45) is 17.6 Å². The average molecular weight is 421 g/mol. The molecule has 2 aliphatic carbocycles. The average Bonchev–Trinajstić information content (AvgIpc) is 2.67. The summed E-state index contributed by atoms with van der Waals surface area (Å²) in [7, 11) is 0. The molecule has 1 aromatic rings. The normalized spacial score (nSPS) is 26.5. The van der Waals surface area contributed by atoms with E-state index >= 15 is 0 Å². The molecule has 2 aliphatic rings. The van der Waals surface area contributed by atoms with Crippen LogP contribution < -0.4 is 10.5 Å². The van der Waals surface area contributed by atoms with Gasteiger partial charge in [0.25, 0.3) is 5.91 Å². The molecule has 0 fully saturated rings. The van der Waals surface area contributed by atoms with Crippen LogP contribution >= 0.6 is 0 Å². The molecule has 10 nitrogen and oxygen atoms in total. The van der Waals surface area contributed by atoms with Crippen LogP contribution in [0.5, 0.6) is 11.5 Å². The van der Waals surface area contributed by atoms with Gasteiger partial charge < -0.3 is 36.0 Å². The molecule has 3 rings (SSSR count). The van der Waals surface area contributed by atoms with Gasteiger partial charge in [0, 0.05) is 24.3 Å². The molecule has 0 unspecified atom stereocenters. The van der Waals surface area contributed by atoms with E-state index in [0.717, 1.165) is 0 Å². The van der Waals surface area contributed by atoms with Crippen LogP contribution in [0.4, 0.5) is 0 Å². The molecule has 0 aliphatic heterocycles. The summed E-state index contributed by atoms with van der Waals surface area (Å²) in [5, 5.41) is 50.0. The zero-order chi connectivity index (χ0) is 22.2. The smallest absolute Gasteiger partial charge is 0.255 e. The van der Waals surface area contributed by atoms with Crippen molar-refractivity contribution in [3.8, 4) is 11.5 Å². The Kier molecular flexibility index (Phi) is 5.84. The van der Waals surface area contributed by atoms with Crippen molar-refractivity contribution in [3.63, 3.8) is 0 Å². The minimum atomic E-state index is -2.26. The van der Waals surface area contributed by atoms with Gasteiger partial charge in [-0.1, -0.05) is 0 Å². The summed E-state index contributed by atoms with van der Waals surface area (Å²) in [6.07, 6.45) is -0.0814. The number of phenolic OH excluding ortho intramolecular Hbond substituents is 1. The zero-order valence-electron chi connectivity index (χ0n) is 16.0. The van der Waals surface area contributed by atoms with Crippen molar-refractivity contribution in [1.29, 1.82) is 0 Å². The van der Waals surface area contributed by atoms with Crippen molar-refractivity contribution in [3.05, 3.63) is 34.6 Å². The summed E-state index contributed by atoms with van der Waals surface area (Å²) >= 11 is 0. The van der Waals surface area contributed by atoms with Crippen molar-refractivity contribution in [2.75, 3.05) is 13.4 Å². The standard InChI is InChI=1S/C20H23NO9/c21-19(28)17-14(26)6-10(20(29,7-22)18(17)27)3-9-4-11-15(30-8-23)2-1-12(24)16(11)13(25)5-9/h1-2,9-10,22-24,27,29H,3-8H2,(H2,21,28)/t9-,10+,20-/m1/s1. The first-order chi connectivity index (χ1) is 14.1. The largest absolute Gasteiger partial charge is 0.508 e. The van der Waals surface area contributed by atoms with Gasteiger partial charge in [-0.15, -0.1) is 0 Å². The quantitative estimate of drug-likeness (QED) is 0.259. The number of carbonyl (C=O) groups is 3. The number of rotatable bonds is 6. The number of primary amides is 1. The number of hydrogen-bond acceptors (Lipinski definition) is 9. The Morgan fingerprint density at radius 2 is 1.83 bits per heavy atom. The highest BCUT2D eigenvalue weighted by Crippen LogP contribution is 2.43. The van der Waals surface area contributed by atoms with E-state index in [2.05, 4.69) is 0 Å². The summed E-state index contributed by atoms with van der Waals surface area (Å²) in [5.74, 6) is -4.70. The molecule has 7 N–H and O–H groups in total. The van der Waals surface area contributed by atoms with Gasteiger partial charge in [0.2, 0.25) is 0 Å². The van der Waals surface area contributed by atoms with Crippen molar-refractivity contribution in [2.45, 2.75) is 31.3 Å². The van der Waals surface area contributed by atoms with Crippen molar-refractivity contribution < 1.29 is 44.7 Å². The molecule has 1 amide bonds. The summed E-state index contributed by atoms with van der Waals surface area (Å²) < 4.78 is 5.13. The second-order valence-electron chi connectivity index (χ2n) is 7.64. The van der Waals surface area contributed by atoms with Crippen LogP contribution in [0.15, 0.2) is 23.5 Å². The molecule has 0 heterocycles. The van der Waals surface area contributed by atoms with Crippen LogP contribution in [-0.4, -0.2) is 62.0 Å². The Balaban J connectivity index is 1.93. The van der Waals surface area contributed by atoms with Gasteiger partial charge in [-0.2, -0.15) is 0 Å². The number of ether oxygens (including phenoxy) is 1. The van der Waals surface area contributed by atoms with E-state index in [1.54, 1.807) is 0 Å². The number of aromatic hydroxyl groups is 1. The maximum atomic E-state index is 12.6. The fourth-order valence-electron chi connectivity index (χ4n) is 4.40. The predicted molar refractivity (Wildman–Crippen MR) is 101 cm³/mol. The molecule has 0 saturated heterocycles. The van der Waals surface area contributed by atoms with Crippen LogP contribution in [-0.2, 0) is 16.0 Å². The highest BCUT2D eigenvalue weighted by atomic mass is 16.6. The van der Waals surface area contributed by atoms with E-state index in [1.807, 2.05) is 0 Å². The number of fused-ring (bicyclic) bond motifs is 1. The molecule has 0 bridgehead atoms. The van der Waals surface area contributed by atoms with Crippen LogP contribution in [0, 0.1) is 11.8 Å². The number of amides is 1. The van der Waals surface area contributed by atoms with Crippen molar-refractivity contribution >= 4 is 17.5 Å². The van der Waals surface area contributed by atoms with Gasteiger partial charge >= 0.3 is 0 Å². The molecule has 0 aromatic heterocycles. The molecule has 0 spiro atoms. The van der Waals surface area contributed by atoms with Gasteiger partial charge in [0.05, 0.1) is 12.2 Å². The number of hydrogen-bond donors (Lipinski definition) is 6. The molecule has 0 radical (unpaired) electrons. The fraction of sp³-hybridized carbons (Fsp3) is 0.450. The Morgan fingerprint density at radius 3 is 2.43 bits per heavy atom. The first-order valence-corrected chi connectivity index (χ1v) is 9.35. The van der Waals surface area contributed by atoms with Crippen LogP contribution in [0.3, 0.4) is 0 Å². The molecule has 0 saturated carbocycles. The number of carbonyl (C=O) groups excluding carboxylic acids is 3. The summed E-state index contributed by atoms with van der Waals surface area (Å²) in [4.78, 5) is 36.4. The predicted octanol–water partition coefficient (Wildman–Crippen LogP) is -0.534. The molecule has 1 aromatic carbocycles. The number of benzene rings is 1. The van der Waals surface area contributed by atoms with Gasteiger partial charge in [-0.25, -0.2) is 0 Å². The van der Waals surface area contributed by atoms with Gasteiger partial charge in [-0.05, 0) is 30.9 Å². The number of aliphatic hydroxyl groups excluding tert-OH is 3. The maximum absolute atomic E-state index is 12.6. The maximum Gasteiger partial charge on any atom is 0.255 e. The third kappa shape index (κ3) is 3.53. The third-order valence-electron chi connectivity index (χ3n) is 5.85. The van der Waals surface area contributed by atoms with Gasteiger partial charge in [0.1, 0.15) is 28.4 Å². The number of aliphatic hydroxyl groups is 4. The molecule has 3 atom stereocenters. The first-order valence-electron chi connectivity index (χ1n) is 9.35. The minimum absolute atomic E-state index is 0.0114. The molecule has 162 valence electrons. The Bertz CT molecular complexity index is 938. The van der Waals surface area contributed by atoms with E-state index in [4.69, 9.17) is 15.6 Å². The second-order valence-corrected chi connectivity index (χ2v) is 7.64. The second kappa shape index (κ2) is 8.05. The molecule has 10 heteroatoms. The van der Waals surface area contributed by atoms with Gasteiger partial charge in [-0.3, -0.25) is 14.4 Å². The van der Waals surface area contributed by atoms with Crippen LogP contribution in [0.25, 0.3) is 0 Å². The van der Waals surface area contributed by atoms with E-state index in [-0.39, 0.29) is 48.5 Å². The van der Waals surface area contributed by atoms with Gasteiger partial charge in [0.15, 0.2) is 18.4 Å². The number of Topliss-reactive ketones (excluding diaryl/α,β-unsaturated/α-hetero) is 2. The molecular weight excluding hydrogens is 398 g/mol. The van der Waals surface area contributed by atoms with E-state index < -0.39 is 53.9 Å². The lowest BCUT2D eigenvalue weighted by atomic mass is 9.68. The fourth-order valence-corrected chi connectivity index (χ4v) is 4.40. The first kappa shape index (κ1) is 21.8. The van der Waals surface area contributed by atoms with E-state index in [9.17, 15) is 34.8 Å². The summed E-state index contributed by atoms with van der Waals surface area (Å²) in [6.45, 7) is -1.59. The summed E-state index contributed by atoms with van der Waals surface area (Å²) in [6, 6.07) is 2.71. The van der Waals surface area contributed by atoms with E-state index in [0.29, 0.717) is 5.56 Å². The van der Waals surface area contributed by atoms with Crippen molar-refractivity contribution in [1.82, 2.24) is 0 Å². The summed E-state index contributed by atoms with van der Waals surface area (Å²) in [5.41, 5.74) is 2.59. The van der Waals surface area contributed by atoms with E-state index in [1.165, 1.54) is 12.1 Å². The number of nitrogens with two attached hydrogens (primary N) is 1. The molecule has 30 heavy (non-hydrogen) atoms. The number of phenols is 1. The Labute approximate surface area is 171 Å². The monoisotopic (exact) mass is 421 g/mol. The highest BCUT2D eigenvalue weighted by molar-refractivity contribution is 6.20. The minimum Gasteiger partial charge on any atom is -0.508 e. The van der Waals surface area contributed by atoms with Crippen LogP contribution in [0.1, 0.15) is 35.2 Å². The number of ketones is 2. The zero-order valence-corrected chi connectivity index (χ0v) is 16.0. The van der Waals surface area contributed by atoms with Crippen LogP contribution in [0.2, 0.25) is 0 Å². The molecular formula is C20H23NO9. The topological polar surface area (TPSA) is 188 Å². The SMILES string of the molecule is NC(=O)C1=C(O)[C@@](O)(CO)[C@@H](C[C@H]2CC(=O)c3c(O)ccc(OCO)c3C2)CC1=O. The Morgan fingerprint density at radius 1 is 1.13 bits per heavy atom. The lowest BCUT2D eigenvalue weighted by Gasteiger charge is -2.40. The lowest BCUT2D eigenvalue weighted by molar-refractivity contribution is -0.130. The highest BCUT2D eigenvalue weighted by Gasteiger charge is 2.50. The lowest BCUT2D eigenvalue weighted by Crippen LogP contribution is -2.51.